The molecule has 5 heteroatoms. The number of hydrogen-bond acceptors (Lipinski definition) is 4. The van der Waals surface area contributed by atoms with Crippen LogP contribution in [0.1, 0.15) is 38.5 Å². The molecule has 2 rings (SSSR count). The fraction of sp³-hybridized carbons (Fsp3) is 0.929. The summed E-state index contributed by atoms with van der Waals surface area (Å²) in [6.07, 6.45) is 5.94. The van der Waals surface area contributed by atoms with Gasteiger partial charge in [0.15, 0.2) is 0 Å². The first kappa shape index (κ1) is 14.8. The minimum absolute atomic E-state index is 0.0686. The second kappa shape index (κ2) is 7.22. The first-order valence-electron chi connectivity index (χ1n) is 7.36. The molecular formula is C14H26N2O3. The number of fused-ring (bicyclic) bond motifs is 2. The van der Waals surface area contributed by atoms with E-state index in [1.54, 1.807) is 7.11 Å². The van der Waals surface area contributed by atoms with Crippen molar-refractivity contribution < 1.29 is 14.6 Å². The lowest BCUT2D eigenvalue weighted by Gasteiger charge is -2.29. The summed E-state index contributed by atoms with van der Waals surface area (Å²) in [7, 11) is 1.61. The standard InChI is InChI=1S/C14H26N2O3/c1-19-9-13(4-5-17)16-14(18)8-10-6-11-2-3-12(7-10)15-11/h10-13,15,17H,2-9H2,1H3,(H,16,18). The molecule has 0 spiro atoms. The van der Waals surface area contributed by atoms with E-state index in [-0.39, 0.29) is 18.6 Å². The molecule has 0 aromatic carbocycles. The van der Waals surface area contributed by atoms with Crippen LogP contribution in [0.2, 0.25) is 0 Å². The molecular weight excluding hydrogens is 244 g/mol. The Morgan fingerprint density at radius 3 is 2.68 bits per heavy atom. The van der Waals surface area contributed by atoms with Crippen LogP contribution in [0.15, 0.2) is 0 Å². The van der Waals surface area contributed by atoms with Crippen molar-refractivity contribution in [1.82, 2.24) is 10.6 Å². The second-order valence-electron chi connectivity index (χ2n) is 5.91. The van der Waals surface area contributed by atoms with Crippen LogP contribution in [0.4, 0.5) is 0 Å². The van der Waals surface area contributed by atoms with Crippen LogP contribution in [0, 0.1) is 5.92 Å². The molecule has 0 aliphatic carbocycles. The van der Waals surface area contributed by atoms with Crippen LogP contribution in [-0.4, -0.2) is 49.5 Å². The van der Waals surface area contributed by atoms with E-state index in [1.807, 2.05) is 0 Å². The monoisotopic (exact) mass is 270 g/mol. The normalized spacial score (nSPS) is 31.2. The number of carbonyl (C=O) groups is 1. The van der Waals surface area contributed by atoms with Crippen LogP contribution in [0.5, 0.6) is 0 Å². The molecule has 2 aliphatic rings. The van der Waals surface area contributed by atoms with Gasteiger partial charge in [-0.05, 0) is 38.0 Å². The van der Waals surface area contributed by atoms with Crippen LogP contribution in [-0.2, 0) is 9.53 Å². The molecule has 0 saturated carbocycles. The van der Waals surface area contributed by atoms with Crippen molar-refractivity contribution in [1.29, 1.82) is 0 Å². The molecule has 110 valence electrons. The van der Waals surface area contributed by atoms with Gasteiger partial charge >= 0.3 is 0 Å². The van der Waals surface area contributed by atoms with Crippen molar-refractivity contribution in [2.24, 2.45) is 5.92 Å². The van der Waals surface area contributed by atoms with Crippen LogP contribution in [0.3, 0.4) is 0 Å². The molecule has 0 radical (unpaired) electrons. The molecule has 2 fully saturated rings. The Hall–Kier alpha value is -0.650. The number of ether oxygens (including phenoxy) is 1. The highest BCUT2D eigenvalue weighted by Crippen LogP contribution is 2.32. The van der Waals surface area contributed by atoms with E-state index < -0.39 is 0 Å². The number of rotatable bonds is 7. The lowest BCUT2D eigenvalue weighted by Crippen LogP contribution is -2.42. The Morgan fingerprint density at radius 2 is 2.11 bits per heavy atom. The smallest absolute Gasteiger partial charge is 0.220 e. The van der Waals surface area contributed by atoms with Gasteiger partial charge in [0.1, 0.15) is 0 Å². The summed E-state index contributed by atoms with van der Waals surface area (Å²) in [6, 6.07) is 1.19. The molecule has 19 heavy (non-hydrogen) atoms. The highest BCUT2D eigenvalue weighted by atomic mass is 16.5. The Balaban J connectivity index is 1.73. The van der Waals surface area contributed by atoms with Gasteiger partial charge in [-0.15, -0.1) is 0 Å². The zero-order chi connectivity index (χ0) is 13.7. The molecule has 0 aromatic rings. The molecule has 0 aromatic heterocycles. The van der Waals surface area contributed by atoms with Crippen molar-refractivity contribution in [2.75, 3.05) is 20.3 Å². The number of carbonyl (C=O) groups excluding carboxylic acids is 1. The van der Waals surface area contributed by atoms with E-state index in [9.17, 15) is 4.79 Å². The molecule has 2 saturated heterocycles. The summed E-state index contributed by atoms with van der Waals surface area (Å²) in [6.45, 7) is 0.537. The Kier molecular flexibility index (Phi) is 5.60. The van der Waals surface area contributed by atoms with Gasteiger partial charge in [0, 0.05) is 32.2 Å². The third kappa shape index (κ3) is 4.44. The van der Waals surface area contributed by atoms with Crippen LogP contribution >= 0.6 is 0 Å². The number of aliphatic hydroxyl groups is 1. The van der Waals surface area contributed by atoms with E-state index >= 15 is 0 Å². The molecule has 2 aliphatic heterocycles. The molecule has 1 amide bonds. The maximum Gasteiger partial charge on any atom is 0.220 e. The van der Waals surface area contributed by atoms with Crippen molar-refractivity contribution in [2.45, 2.75) is 56.7 Å². The number of amides is 1. The summed E-state index contributed by atoms with van der Waals surface area (Å²) < 4.78 is 5.06. The quantitative estimate of drug-likeness (QED) is 0.627. The van der Waals surface area contributed by atoms with Gasteiger partial charge in [-0.1, -0.05) is 0 Å². The summed E-state index contributed by atoms with van der Waals surface area (Å²) in [5.41, 5.74) is 0. The molecule has 2 heterocycles. The van der Waals surface area contributed by atoms with E-state index in [1.165, 1.54) is 12.8 Å². The first-order chi connectivity index (χ1) is 9.21. The number of methoxy groups -OCH3 is 1. The predicted molar refractivity (Wildman–Crippen MR) is 72.8 cm³/mol. The first-order valence-corrected chi connectivity index (χ1v) is 7.36. The minimum atomic E-state index is -0.0686. The third-order valence-corrected chi connectivity index (χ3v) is 4.26. The minimum Gasteiger partial charge on any atom is -0.396 e. The summed E-state index contributed by atoms with van der Waals surface area (Å²) in [5, 5.41) is 15.5. The summed E-state index contributed by atoms with van der Waals surface area (Å²) in [5.74, 6) is 0.609. The van der Waals surface area contributed by atoms with Crippen molar-refractivity contribution in [3.63, 3.8) is 0 Å². The Labute approximate surface area is 115 Å². The van der Waals surface area contributed by atoms with E-state index in [0.717, 1.165) is 12.8 Å². The van der Waals surface area contributed by atoms with E-state index in [0.29, 0.717) is 37.5 Å². The van der Waals surface area contributed by atoms with Crippen LogP contribution < -0.4 is 10.6 Å². The SMILES string of the molecule is COCC(CCO)NC(=O)CC1CC2CCC(C1)N2. The Morgan fingerprint density at radius 1 is 1.42 bits per heavy atom. The van der Waals surface area contributed by atoms with Gasteiger partial charge in [-0.2, -0.15) is 0 Å². The number of piperidine rings is 1. The topological polar surface area (TPSA) is 70.6 Å². The van der Waals surface area contributed by atoms with E-state index in [2.05, 4.69) is 10.6 Å². The average molecular weight is 270 g/mol. The molecule has 2 bridgehead atoms. The lowest BCUT2D eigenvalue weighted by molar-refractivity contribution is -0.123. The fourth-order valence-corrected chi connectivity index (χ4v) is 3.44. The second-order valence-corrected chi connectivity index (χ2v) is 5.91. The number of nitrogens with one attached hydrogen (secondary N) is 2. The highest BCUT2D eigenvalue weighted by Gasteiger charge is 2.34. The highest BCUT2D eigenvalue weighted by molar-refractivity contribution is 5.76. The van der Waals surface area contributed by atoms with Gasteiger partial charge in [0.25, 0.3) is 0 Å². The number of hydrogen-bond donors (Lipinski definition) is 3. The van der Waals surface area contributed by atoms with Gasteiger partial charge in [0.2, 0.25) is 5.91 Å². The summed E-state index contributed by atoms with van der Waals surface area (Å²) >= 11 is 0. The third-order valence-electron chi connectivity index (χ3n) is 4.26. The molecule has 3 unspecified atom stereocenters. The average Bonchev–Trinajstić information content (AvgIpc) is 2.69. The number of aliphatic hydroxyl groups excluding tert-OH is 1. The summed E-state index contributed by atoms with van der Waals surface area (Å²) in [4.78, 5) is 12.0. The zero-order valence-corrected chi connectivity index (χ0v) is 11.7. The van der Waals surface area contributed by atoms with Crippen molar-refractivity contribution in [3.05, 3.63) is 0 Å². The van der Waals surface area contributed by atoms with Gasteiger partial charge in [0.05, 0.1) is 12.6 Å². The molecule has 5 nitrogen and oxygen atoms in total. The maximum absolute atomic E-state index is 12.0. The van der Waals surface area contributed by atoms with Gasteiger partial charge < -0.3 is 20.5 Å². The van der Waals surface area contributed by atoms with Crippen LogP contribution in [0.25, 0.3) is 0 Å². The lowest BCUT2D eigenvalue weighted by atomic mass is 9.89. The van der Waals surface area contributed by atoms with Crippen molar-refractivity contribution >= 4 is 5.91 Å². The predicted octanol–water partition coefficient (Wildman–Crippen LogP) is 0.421. The molecule has 3 N–H and O–H groups in total. The van der Waals surface area contributed by atoms with Crippen molar-refractivity contribution in [3.8, 4) is 0 Å². The zero-order valence-electron chi connectivity index (χ0n) is 11.7. The van der Waals surface area contributed by atoms with Gasteiger partial charge in [-0.25, -0.2) is 0 Å². The van der Waals surface area contributed by atoms with Gasteiger partial charge in [-0.3, -0.25) is 4.79 Å². The van der Waals surface area contributed by atoms with E-state index in [4.69, 9.17) is 9.84 Å². The molecule has 3 atom stereocenters. The fourth-order valence-electron chi connectivity index (χ4n) is 3.44. The Bertz CT molecular complexity index is 280. The maximum atomic E-state index is 12.0. The largest absolute Gasteiger partial charge is 0.396 e.